The molecule has 1 aromatic rings. The van der Waals surface area contributed by atoms with Crippen molar-refractivity contribution in [2.24, 2.45) is 0 Å². The van der Waals surface area contributed by atoms with E-state index in [1.54, 1.807) is 12.1 Å². The molecule has 0 saturated heterocycles. The zero-order valence-electron chi connectivity index (χ0n) is 12.2. The molecular formula is C14H23N3O4. The molecule has 7 heteroatoms. The van der Waals surface area contributed by atoms with E-state index in [0.717, 1.165) is 6.42 Å². The van der Waals surface area contributed by atoms with Crippen molar-refractivity contribution in [1.29, 1.82) is 0 Å². The number of anilines is 2. The molecule has 0 heterocycles. The van der Waals surface area contributed by atoms with Crippen LogP contribution in [0.15, 0.2) is 18.2 Å². The van der Waals surface area contributed by atoms with Gasteiger partial charge >= 0.3 is 0 Å². The Morgan fingerprint density at radius 2 is 2.10 bits per heavy atom. The minimum atomic E-state index is -0.431. The summed E-state index contributed by atoms with van der Waals surface area (Å²) in [5.41, 5.74) is 1.10. The summed E-state index contributed by atoms with van der Waals surface area (Å²) in [6.45, 7) is 2.59. The van der Waals surface area contributed by atoms with E-state index in [1.165, 1.54) is 6.07 Å². The predicted molar refractivity (Wildman–Crippen MR) is 82.7 cm³/mol. The van der Waals surface area contributed by atoms with E-state index in [4.69, 9.17) is 10.2 Å². The van der Waals surface area contributed by atoms with Crippen molar-refractivity contribution in [3.63, 3.8) is 0 Å². The third kappa shape index (κ3) is 5.57. The molecule has 0 bridgehead atoms. The van der Waals surface area contributed by atoms with E-state index in [-0.39, 0.29) is 24.9 Å². The highest BCUT2D eigenvalue weighted by atomic mass is 16.6. The van der Waals surface area contributed by atoms with Crippen LogP contribution in [0, 0.1) is 10.1 Å². The number of hydrogen-bond donors (Lipinski definition) is 4. The molecule has 0 amide bonds. The van der Waals surface area contributed by atoms with E-state index >= 15 is 0 Å². The molecule has 0 saturated carbocycles. The Labute approximate surface area is 124 Å². The summed E-state index contributed by atoms with van der Waals surface area (Å²) in [5, 5.41) is 35.0. The highest BCUT2D eigenvalue weighted by molar-refractivity contribution is 5.68. The fraction of sp³-hybridized carbons (Fsp3) is 0.571. The minimum Gasteiger partial charge on any atom is -0.396 e. The van der Waals surface area contributed by atoms with Crippen LogP contribution in [0.1, 0.15) is 26.2 Å². The van der Waals surface area contributed by atoms with Crippen molar-refractivity contribution in [1.82, 2.24) is 0 Å². The first kappa shape index (κ1) is 17.2. The fourth-order valence-electron chi connectivity index (χ4n) is 1.99. The zero-order chi connectivity index (χ0) is 15.7. The Balaban J connectivity index is 2.84. The van der Waals surface area contributed by atoms with Gasteiger partial charge in [-0.1, -0.05) is 6.92 Å². The van der Waals surface area contributed by atoms with Gasteiger partial charge < -0.3 is 20.8 Å². The standard InChI is InChI=1S/C14H23N3O4/c1-2-11(6-9-19)16-12-4-5-13(15-7-3-8-18)14(10-12)17(20)21/h4-5,10-11,15-16,18-19H,2-3,6-9H2,1H3. The SMILES string of the molecule is CCC(CCO)Nc1ccc(NCCCO)c([N+](=O)[O-])c1. The average molecular weight is 297 g/mol. The number of nitrogens with zero attached hydrogens (tertiary/aromatic N) is 1. The van der Waals surface area contributed by atoms with Crippen molar-refractivity contribution in [3.8, 4) is 0 Å². The first-order chi connectivity index (χ1) is 10.1. The van der Waals surface area contributed by atoms with Gasteiger partial charge in [0.2, 0.25) is 0 Å². The van der Waals surface area contributed by atoms with Crippen LogP contribution in [-0.4, -0.2) is 40.9 Å². The molecule has 0 aromatic heterocycles. The van der Waals surface area contributed by atoms with Crippen LogP contribution < -0.4 is 10.6 Å². The number of nitrogens with one attached hydrogen (secondary N) is 2. The van der Waals surface area contributed by atoms with Crippen LogP contribution in [0.5, 0.6) is 0 Å². The quantitative estimate of drug-likeness (QED) is 0.299. The number of nitro benzene ring substituents is 1. The fourth-order valence-corrected chi connectivity index (χ4v) is 1.99. The smallest absolute Gasteiger partial charge is 0.294 e. The van der Waals surface area contributed by atoms with Gasteiger partial charge in [-0.25, -0.2) is 0 Å². The largest absolute Gasteiger partial charge is 0.396 e. The zero-order valence-corrected chi connectivity index (χ0v) is 12.2. The lowest BCUT2D eigenvalue weighted by Crippen LogP contribution is -2.19. The third-order valence-electron chi connectivity index (χ3n) is 3.19. The molecule has 0 aliphatic carbocycles. The second kappa shape index (κ2) is 9.15. The van der Waals surface area contributed by atoms with Crippen molar-refractivity contribution < 1.29 is 15.1 Å². The summed E-state index contributed by atoms with van der Waals surface area (Å²) in [6, 6.07) is 5.00. The van der Waals surface area contributed by atoms with Gasteiger partial charge in [-0.2, -0.15) is 0 Å². The molecule has 21 heavy (non-hydrogen) atoms. The van der Waals surface area contributed by atoms with Crippen LogP contribution in [0.3, 0.4) is 0 Å². The maximum Gasteiger partial charge on any atom is 0.294 e. The monoisotopic (exact) mass is 297 g/mol. The molecule has 118 valence electrons. The van der Waals surface area contributed by atoms with Crippen LogP contribution >= 0.6 is 0 Å². The molecule has 1 rings (SSSR count). The second-order valence-electron chi connectivity index (χ2n) is 4.75. The Kier molecular flexibility index (Phi) is 7.49. The Morgan fingerprint density at radius 1 is 1.33 bits per heavy atom. The Morgan fingerprint density at radius 3 is 2.67 bits per heavy atom. The Hall–Kier alpha value is -1.86. The lowest BCUT2D eigenvalue weighted by atomic mass is 10.1. The van der Waals surface area contributed by atoms with Crippen molar-refractivity contribution in [3.05, 3.63) is 28.3 Å². The maximum absolute atomic E-state index is 11.1. The van der Waals surface area contributed by atoms with Crippen molar-refractivity contribution in [2.75, 3.05) is 30.4 Å². The molecule has 0 aliphatic rings. The van der Waals surface area contributed by atoms with E-state index < -0.39 is 4.92 Å². The summed E-state index contributed by atoms with van der Waals surface area (Å²) < 4.78 is 0. The molecule has 0 aliphatic heterocycles. The van der Waals surface area contributed by atoms with Gasteiger partial charge in [0, 0.05) is 37.6 Å². The highest BCUT2D eigenvalue weighted by Gasteiger charge is 2.15. The molecule has 0 fully saturated rings. The maximum atomic E-state index is 11.1. The van der Waals surface area contributed by atoms with Crippen molar-refractivity contribution in [2.45, 2.75) is 32.2 Å². The van der Waals surface area contributed by atoms with E-state index in [9.17, 15) is 10.1 Å². The predicted octanol–water partition coefficient (Wildman–Crippen LogP) is 1.96. The van der Waals surface area contributed by atoms with E-state index in [1.807, 2.05) is 6.92 Å². The highest BCUT2D eigenvalue weighted by Crippen LogP contribution is 2.28. The van der Waals surface area contributed by atoms with E-state index in [2.05, 4.69) is 10.6 Å². The van der Waals surface area contributed by atoms with Crippen LogP contribution in [0.4, 0.5) is 17.1 Å². The molecule has 1 aromatic carbocycles. The number of rotatable bonds is 10. The molecule has 0 spiro atoms. The first-order valence-corrected chi connectivity index (χ1v) is 7.13. The summed E-state index contributed by atoms with van der Waals surface area (Å²) in [6.07, 6.45) is 1.96. The lowest BCUT2D eigenvalue weighted by molar-refractivity contribution is -0.383. The molecular weight excluding hydrogens is 274 g/mol. The van der Waals surface area contributed by atoms with Gasteiger partial charge in [0.05, 0.1) is 4.92 Å². The number of aliphatic hydroxyl groups excluding tert-OH is 2. The molecule has 1 atom stereocenters. The number of benzene rings is 1. The van der Waals surface area contributed by atoms with Crippen LogP contribution in [0.2, 0.25) is 0 Å². The average Bonchev–Trinajstić information content (AvgIpc) is 2.48. The van der Waals surface area contributed by atoms with Gasteiger partial charge in [-0.15, -0.1) is 0 Å². The summed E-state index contributed by atoms with van der Waals surface area (Å²) in [5.74, 6) is 0. The number of aliphatic hydroxyl groups is 2. The van der Waals surface area contributed by atoms with Crippen molar-refractivity contribution >= 4 is 17.1 Å². The second-order valence-corrected chi connectivity index (χ2v) is 4.75. The molecule has 0 radical (unpaired) electrons. The van der Waals surface area contributed by atoms with Crippen LogP contribution in [0.25, 0.3) is 0 Å². The Bertz CT molecular complexity index is 454. The number of hydrogen-bond acceptors (Lipinski definition) is 6. The number of nitro groups is 1. The van der Waals surface area contributed by atoms with E-state index in [0.29, 0.717) is 30.8 Å². The molecule has 7 nitrogen and oxygen atoms in total. The third-order valence-corrected chi connectivity index (χ3v) is 3.19. The normalized spacial score (nSPS) is 12.0. The molecule has 1 unspecified atom stereocenters. The topological polar surface area (TPSA) is 108 Å². The van der Waals surface area contributed by atoms with Gasteiger partial charge in [0.25, 0.3) is 5.69 Å². The van der Waals surface area contributed by atoms with Gasteiger partial charge in [0.1, 0.15) is 5.69 Å². The summed E-state index contributed by atoms with van der Waals surface area (Å²) in [4.78, 5) is 10.7. The first-order valence-electron chi connectivity index (χ1n) is 7.13. The van der Waals surface area contributed by atoms with Gasteiger partial charge in [0.15, 0.2) is 0 Å². The van der Waals surface area contributed by atoms with Gasteiger partial charge in [-0.05, 0) is 31.4 Å². The summed E-state index contributed by atoms with van der Waals surface area (Å²) >= 11 is 0. The lowest BCUT2D eigenvalue weighted by Gasteiger charge is -2.17. The van der Waals surface area contributed by atoms with Crippen LogP contribution in [-0.2, 0) is 0 Å². The van der Waals surface area contributed by atoms with Gasteiger partial charge in [-0.3, -0.25) is 10.1 Å². The summed E-state index contributed by atoms with van der Waals surface area (Å²) in [7, 11) is 0. The molecule has 4 N–H and O–H groups in total. The minimum absolute atomic E-state index is 0.00297.